The molecule has 2 saturated heterocycles. The van der Waals surface area contributed by atoms with Crippen LogP contribution in [0.25, 0.3) is 0 Å². The molecule has 9 heteroatoms. The van der Waals surface area contributed by atoms with Crippen LogP contribution < -0.4 is 10.6 Å². The molecule has 2 N–H and O–H groups in total. The number of nitrogens with one attached hydrogen (secondary N) is 2. The summed E-state index contributed by atoms with van der Waals surface area (Å²) in [6.07, 6.45) is 2.02. The normalized spacial score (nSPS) is 25.0. The summed E-state index contributed by atoms with van der Waals surface area (Å²) in [5, 5.41) is 10.8. The van der Waals surface area contributed by atoms with Crippen molar-refractivity contribution in [1.82, 2.24) is 15.4 Å². The second kappa shape index (κ2) is 6.47. The molecule has 2 amide bonds. The number of nitrogens with zero attached hydrogens (tertiary/aromatic N) is 2. The van der Waals surface area contributed by atoms with E-state index in [9.17, 15) is 9.59 Å². The number of halogens is 1. The molecule has 152 valence electrons. The second-order valence-electron chi connectivity index (χ2n) is 8.12. The number of amides is 2. The van der Waals surface area contributed by atoms with Crippen LogP contribution in [0.1, 0.15) is 45.9 Å². The summed E-state index contributed by atoms with van der Waals surface area (Å²) in [6, 6.07) is 6.90. The zero-order valence-electron chi connectivity index (χ0n) is 16.0. The highest BCUT2D eigenvalue weighted by Gasteiger charge is 2.53. The first kappa shape index (κ1) is 18.4. The summed E-state index contributed by atoms with van der Waals surface area (Å²) in [5.74, 6) is -0.0444. The van der Waals surface area contributed by atoms with Crippen molar-refractivity contribution >= 4 is 29.1 Å². The summed E-state index contributed by atoms with van der Waals surface area (Å²) in [5.41, 5.74) is 0.951. The Kier molecular flexibility index (Phi) is 4.11. The Morgan fingerprint density at radius 2 is 2.03 bits per heavy atom. The largest absolute Gasteiger partial charge is 0.370 e. The fourth-order valence-corrected chi connectivity index (χ4v) is 4.71. The van der Waals surface area contributed by atoms with E-state index in [1.165, 1.54) is 0 Å². The Labute approximate surface area is 172 Å². The van der Waals surface area contributed by atoms with Crippen LogP contribution in [0, 0.1) is 6.92 Å². The van der Waals surface area contributed by atoms with Crippen LogP contribution in [0.15, 0.2) is 28.8 Å². The van der Waals surface area contributed by atoms with Crippen molar-refractivity contribution in [2.24, 2.45) is 0 Å². The molecule has 4 heterocycles. The van der Waals surface area contributed by atoms with Gasteiger partial charge in [-0.25, -0.2) is 0 Å². The lowest BCUT2D eigenvalue weighted by Gasteiger charge is -2.40. The van der Waals surface area contributed by atoms with E-state index in [1.54, 1.807) is 30.0 Å². The summed E-state index contributed by atoms with van der Waals surface area (Å²) in [4.78, 5) is 27.0. The molecule has 3 aliphatic rings. The Morgan fingerprint density at radius 3 is 2.76 bits per heavy atom. The molecule has 1 aromatic carbocycles. The average molecular weight is 417 g/mol. The molecule has 0 bridgehead atoms. The number of anilines is 1. The summed E-state index contributed by atoms with van der Waals surface area (Å²) in [6.45, 7) is 3.29. The molecule has 0 aliphatic carbocycles. The number of likely N-dealkylation sites (tertiary alicyclic amines) is 1. The SMILES string of the molecule is Cc1cc(C(=O)N2CCC3(CC2)CC2(CO3)NC(=O)c3cc(Cl)ccc3N2)on1. The topological polar surface area (TPSA) is 96.7 Å². The van der Waals surface area contributed by atoms with Crippen molar-refractivity contribution in [1.29, 1.82) is 0 Å². The zero-order chi connectivity index (χ0) is 20.2. The van der Waals surface area contributed by atoms with Crippen LogP contribution >= 0.6 is 11.6 Å². The van der Waals surface area contributed by atoms with Crippen molar-refractivity contribution < 1.29 is 18.8 Å². The standard InChI is InChI=1S/C20H21ClN4O4/c1-12-8-16(29-24-12)18(27)25-6-4-19(5-7-25)10-20(11-28-19)22-15-3-2-13(21)9-14(15)17(26)23-20/h2-3,8-9,22H,4-7,10-11H2,1H3,(H,23,26). The van der Waals surface area contributed by atoms with Crippen LogP contribution in [0.3, 0.4) is 0 Å². The molecule has 2 aromatic rings. The number of carbonyl (C=O) groups is 2. The van der Waals surface area contributed by atoms with Gasteiger partial charge in [-0.1, -0.05) is 16.8 Å². The van der Waals surface area contributed by atoms with Gasteiger partial charge in [0.2, 0.25) is 5.76 Å². The molecule has 1 unspecified atom stereocenters. The number of aryl methyl sites for hydroxylation is 1. The maximum atomic E-state index is 12.6. The molecule has 3 aliphatic heterocycles. The summed E-state index contributed by atoms with van der Waals surface area (Å²) >= 11 is 6.02. The lowest BCUT2D eigenvalue weighted by atomic mass is 9.84. The Bertz CT molecular complexity index is 998. The predicted octanol–water partition coefficient (Wildman–Crippen LogP) is 2.58. The van der Waals surface area contributed by atoms with Gasteiger partial charge in [0.1, 0.15) is 5.66 Å². The van der Waals surface area contributed by atoms with Gasteiger partial charge in [-0.05, 0) is 38.0 Å². The van der Waals surface area contributed by atoms with Gasteiger partial charge in [-0.15, -0.1) is 0 Å². The zero-order valence-corrected chi connectivity index (χ0v) is 16.7. The minimum atomic E-state index is -0.647. The first-order valence-electron chi connectivity index (χ1n) is 9.64. The van der Waals surface area contributed by atoms with Gasteiger partial charge in [0.05, 0.1) is 23.5 Å². The molecule has 5 rings (SSSR count). The smallest absolute Gasteiger partial charge is 0.292 e. The van der Waals surface area contributed by atoms with Gasteiger partial charge in [0, 0.05) is 36.3 Å². The maximum absolute atomic E-state index is 12.6. The van der Waals surface area contributed by atoms with Gasteiger partial charge in [-0.3, -0.25) is 9.59 Å². The number of hydrogen-bond acceptors (Lipinski definition) is 6. The lowest BCUT2D eigenvalue weighted by Crippen LogP contribution is -2.59. The fraction of sp³-hybridized carbons (Fsp3) is 0.450. The molecule has 1 atom stereocenters. The quantitative estimate of drug-likeness (QED) is 0.741. The van der Waals surface area contributed by atoms with Gasteiger partial charge in [0.15, 0.2) is 0 Å². The Balaban J connectivity index is 1.28. The monoisotopic (exact) mass is 416 g/mol. The van der Waals surface area contributed by atoms with Gasteiger partial charge >= 0.3 is 0 Å². The third-order valence-corrected chi connectivity index (χ3v) is 6.24. The van der Waals surface area contributed by atoms with E-state index in [-0.39, 0.29) is 23.2 Å². The molecule has 8 nitrogen and oxygen atoms in total. The van der Waals surface area contributed by atoms with E-state index in [2.05, 4.69) is 15.8 Å². The minimum Gasteiger partial charge on any atom is -0.370 e. The highest BCUT2D eigenvalue weighted by molar-refractivity contribution is 6.31. The summed E-state index contributed by atoms with van der Waals surface area (Å²) < 4.78 is 11.3. The van der Waals surface area contributed by atoms with E-state index in [4.69, 9.17) is 20.9 Å². The van der Waals surface area contributed by atoms with E-state index >= 15 is 0 Å². The number of ether oxygens (including phenoxy) is 1. The second-order valence-corrected chi connectivity index (χ2v) is 8.56. The van der Waals surface area contributed by atoms with Crippen LogP contribution in [-0.4, -0.2) is 52.8 Å². The number of benzene rings is 1. The average Bonchev–Trinajstić information content (AvgIpc) is 3.27. The van der Waals surface area contributed by atoms with E-state index in [0.717, 1.165) is 5.69 Å². The van der Waals surface area contributed by atoms with Gasteiger partial charge in [0.25, 0.3) is 11.8 Å². The first-order valence-corrected chi connectivity index (χ1v) is 10.0. The number of carbonyl (C=O) groups excluding carboxylic acids is 2. The molecule has 1 aromatic heterocycles. The molecule has 0 radical (unpaired) electrons. The molecular weight excluding hydrogens is 396 g/mol. The fourth-order valence-electron chi connectivity index (χ4n) is 4.53. The Hall–Kier alpha value is -2.58. The maximum Gasteiger partial charge on any atom is 0.292 e. The molecule has 0 saturated carbocycles. The van der Waals surface area contributed by atoms with E-state index < -0.39 is 5.66 Å². The number of rotatable bonds is 1. The predicted molar refractivity (Wildman–Crippen MR) is 105 cm³/mol. The third-order valence-electron chi connectivity index (χ3n) is 6.00. The first-order chi connectivity index (χ1) is 13.9. The van der Waals surface area contributed by atoms with E-state index in [1.807, 2.05) is 6.07 Å². The third kappa shape index (κ3) is 3.16. The van der Waals surface area contributed by atoms with Crippen LogP contribution in [-0.2, 0) is 4.74 Å². The van der Waals surface area contributed by atoms with E-state index in [0.29, 0.717) is 55.2 Å². The number of piperidine rings is 1. The molecular formula is C20H21ClN4O4. The lowest BCUT2D eigenvalue weighted by molar-refractivity contribution is -0.0398. The van der Waals surface area contributed by atoms with Crippen LogP contribution in [0.2, 0.25) is 5.02 Å². The Morgan fingerprint density at radius 1 is 1.24 bits per heavy atom. The van der Waals surface area contributed by atoms with Crippen molar-refractivity contribution in [2.75, 3.05) is 25.0 Å². The molecule has 2 spiro atoms. The highest BCUT2D eigenvalue weighted by atomic mass is 35.5. The van der Waals surface area contributed by atoms with Crippen molar-refractivity contribution in [3.8, 4) is 0 Å². The van der Waals surface area contributed by atoms with Crippen LogP contribution in [0.4, 0.5) is 5.69 Å². The minimum absolute atomic E-state index is 0.150. The number of aromatic nitrogens is 1. The summed E-state index contributed by atoms with van der Waals surface area (Å²) in [7, 11) is 0. The van der Waals surface area contributed by atoms with Crippen molar-refractivity contribution in [3.63, 3.8) is 0 Å². The number of hydrogen-bond donors (Lipinski definition) is 2. The van der Waals surface area contributed by atoms with Gasteiger partial charge in [-0.2, -0.15) is 0 Å². The van der Waals surface area contributed by atoms with Crippen LogP contribution in [0.5, 0.6) is 0 Å². The van der Waals surface area contributed by atoms with Crippen molar-refractivity contribution in [2.45, 2.75) is 37.5 Å². The number of fused-ring (bicyclic) bond motifs is 1. The van der Waals surface area contributed by atoms with Crippen molar-refractivity contribution in [3.05, 3.63) is 46.3 Å². The highest BCUT2D eigenvalue weighted by Crippen LogP contribution is 2.43. The van der Waals surface area contributed by atoms with Gasteiger partial charge < -0.3 is 24.8 Å². The molecule has 2 fully saturated rings. The molecule has 29 heavy (non-hydrogen) atoms.